The van der Waals surface area contributed by atoms with E-state index in [9.17, 15) is 5.11 Å². The normalized spacial score (nSPS) is 12.1. The monoisotopic (exact) mass is 218 g/mol. The van der Waals surface area contributed by atoms with Crippen LogP contribution in [0, 0.1) is 0 Å². The van der Waals surface area contributed by atoms with Crippen molar-refractivity contribution < 1.29 is 9.84 Å². The Labute approximate surface area is 92.0 Å². The van der Waals surface area contributed by atoms with E-state index in [1.807, 2.05) is 0 Å². The topological polar surface area (TPSA) is 81.0 Å². The maximum Gasteiger partial charge on any atom is 0.233 e. The fourth-order valence-corrected chi connectivity index (χ4v) is 1.21. The molecule has 16 heavy (non-hydrogen) atoms. The van der Waals surface area contributed by atoms with Gasteiger partial charge in [-0.1, -0.05) is 0 Å². The summed E-state index contributed by atoms with van der Waals surface area (Å²) >= 11 is 0. The molecule has 1 N–H and O–H groups in total. The van der Waals surface area contributed by atoms with Gasteiger partial charge in [-0.3, -0.25) is 0 Å². The molecule has 6 heteroatoms. The van der Waals surface area contributed by atoms with Crippen molar-refractivity contribution in [2.45, 2.75) is 6.10 Å². The molecule has 2 heterocycles. The standard InChI is InChI=1S/C10H10N4O2/c1-16-9-3-2-8(13-14-9)10(15)7-4-11-6-12-5-7/h2-6,10,15H,1H3. The number of nitrogens with zero attached hydrogens (tertiary/aromatic N) is 4. The zero-order chi connectivity index (χ0) is 11.4. The zero-order valence-electron chi connectivity index (χ0n) is 8.61. The minimum atomic E-state index is -0.875. The lowest BCUT2D eigenvalue weighted by Gasteiger charge is -2.08. The van der Waals surface area contributed by atoms with E-state index in [4.69, 9.17) is 4.74 Å². The summed E-state index contributed by atoms with van der Waals surface area (Å²) in [5, 5.41) is 17.5. The molecule has 2 rings (SSSR count). The molecule has 0 amide bonds. The number of rotatable bonds is 3. The van der Waals surface area contributed by atoms with Gasteiger partial charge in [0.1, 0.15) is 12.4 Å². The smallest absolute Gasteiger partial charge is 0.233 e. The summed E-state index contributed by atoms with van der Waals surface area (Å²) < 4.78 is 4.87. The minimum Gasteiger partial charge on any atom is -0.480 e. The van der Waals surface area contributed by atoms with Crippen molar-refractivity contribution >= 4 is 0 Å². The quantitative estimate of drug-likeness (QED) is 0.800. The van der Waals surface area contributed by atoms with Crippen LogP contribution >= 0.6 is 0 Å². The molecule has 82 valence electrons. The van der Waals surface area contributed by atoms with Gasteiger partial charge in [-0.05, 0) is 6.07 Å². The van der Waals surface area contributed by atoms with Crippen molar-refractivity contribution in [3.05, 3.63) is 42.1 Å². The van der Waals surface area contributed by atoms with Crippen LogP contribution in [0.15, 0.2) is 30.9 Å². The maximum atomic E-state index is 9.93. The highest BCUT2D eigenvalue weighted by molar-refractivity contribution is 5.21. The van der Waals surface area contributed by atoms with E-state index in [1.54, 1.807) is 12.1 Å². The first-order chi connectivity index (χ1) is 7.81. The Hall–Kier alpha value is -2.08. The second kappa shape index (κ2) is 4.63. The van der Waals surface area contributed by atoms with Crippen molar-refractivity contribution in [2.24, 2.45) is 0 Å². The van der Waals surface area contributed by atoms with E-state index in [2.05, 4.69) is 20.2 Å². The number of aliphatic hydroxyl groups is 1. The van der Waals surface area contributed by atoms with Gasteiger partial charge >= 0.3 is 0 Å². The number of hydrogen-bond donors (Lipinski definition) is 1. The van der Waals surface area contributed by atoms with Crippen LogP contribution in [0.5, 0.6) is 5.88 Å². The first-order valence-corrected chi connectivity index (χ1v) is 4.62. The van der Waals surface area contributed by atoms with Crippen LogP contribution in [-0.4, -0.2) is 32.4 Å². The van der Waals surface area contributed by atoms with Gasteiger partial charge in [0.25, 0.3) is 0 Å². The number of hydrogen-bond acceptors (Lipinski definition) is 6. The molecule has 0 saturated heterocycles. The van der Waals surface area contributed by atoms with E-state index >= 15 is 0 Å². The Morgan fingerprint density at radius 1 is 1.19 bits per heavy atom. The van der Waals surface area contributed by atoms with E-state index in [0.29, 0.717) is 17.1 Å². The van der Waals surface area contributed by atoms with Gasteiger partial charge in [0, 0.05) is 24.0 Å². The molecule has 0 spiro atoms. The molecule has 0 saturated carbocycles. The Kier molecular flexibility index (Phi) is 3.02. The predicted molar refractivity (Wildman–Crippen MR) is 54.7 cm³/mol. The Morgan fingerprint density at radius 2 is 1.94 bits per heavy atom. The third-order valence-corrected chi connectivity index (χ3v) is 2.05. The van der Waals surface area contributed by atoms with E-state index < -0.39 is 6.10 Å². The van der Waals surface area contributed by atoms with Crippen molar-refractivity contribution in [3.8, 4) is 5.88 Å². The molecular weight excluding hydrogens is 208 g/mol. The first kappa shape index (κ1) is 10.4. The van der Waals surface area contributed by atoms with Crippen LogP contribution < -0.4 is 4.74 Å². The van der Waals surface area contributed by atoms with Gasteiger partial charge in [-0.2, -0.15) is 0 Å². The lowest BCUT2D eigenvalue weighted by atomic mass is 10.1. The van der Waals surface area contributed by atoms with Crippen LogP contribution in [0.1, 0.15) is 17.4 Å². The number of methoxy groups -OCH3 is 1. The summed E-state index contributed by atoms with van der Waals surface area (Å²) in [6, 6.07) is 3.28. The molecule has 6 nitrogen and oxygen atoms in total. The molecule has 2 aromatic rings. The lowest BCUT2D eigenvalue weighted by Crippen LogP contribution is -2.04. The number of aliphatic hydroxyl groups excluding tert-OH is 1. The van der Waals surface area contributed by atoms with Gasteiger partial charge in [-0.25, -0.2) is 9.97 Å². The Balaban J connectivity index is 2.24. The molecule has 0 aliphatic carbocycles. The largest absolute Gasteiger partial charge is 0.480 e. The number of ether oxygens (including phenoxy) is 1. The minimum absolute atomic E-state index is 0.403. The summed E-state index contributed by atoms with van der Waals surface area (Å²) in [5.74, 6) is 0.403. The Morgan fingerprint density at radius 3 is 2.50 bits per heavy atom. The second-order valence-electron chi connectivity index (χ2n) is 3.07. The third kappa shape index (κ3) is 2.12. The van der Waals surface area contributed by atoms with Crippen LogP contribution in [-0.2, 0) is 0 Å². The molecule has 0 aliphatic rings. The zero-order valence-corrected chi connectivity index (χ0v) is 8.61. The van der Waals surface area contributed by atoms with Gasteiger partial charge in [0.2, 0.25) is 5.88 Å². The van der Waals surface area contributed by atoms with E-state index in [-0.39, 0.29) is 0 Å². The number of aromatic nitrogens is 4. The van der Waals surface area contributed by atoms with Crippen LogP contribution in [0.4, 0.5) is 0 Å². The molecular formula is C10H10N4O2. The van der Waals surface area contributed by atoms with Crippen LogP contribution in [0.2, 0.25) is 0 Å². The average molecular weight is 218 g/mol. The molecule has 2 aromatic heterocycles. The van der Waals surface area contributed by atoms with Gasteiger partial charge in [0.15, 0.2) is 0 Å². The molecule has 0 bridgehead atoms. The second-order valence-corrected chi connectivity index (χ2v) is 3.07. The molecule has 1 atom stereocenters. The van der Waals surface area contributed by atoms with Gasteiger partial charge in [0.05, 0.1) is 12.8 Å². The molecule has 0 aromatic carbocycles. The average Bonchev–Trinajstić information content (AvgIpc) is 2.39. The van der Waals surface area contributed by atoms with Crippen LogP contribution in [0.3, 0.4) is 0 Å². The van der Waals surface area contributed by atoms with Gasteiger partial charge in [-0.15, -0.1) is 10.2 Å². The van der Waals surface area contributed by atoms with E-state index in [1.165, 1.54) is 25.8 Å². The van der Waals surface area contributed by atoms with Crippen molar-refractivity contribution in [3.63, 3.8) is 0 Å². The highest BCUT2D eigenvalue weighted by Crippen LogP contribution is 2.18. The summed E-state index contributed by atoms with van der Waals surface area (Å²) in [6.07, 6.45) is 3.59. The molecule has 0 fully saturated rings. The van der Waals surface area contributed by atoms with Crippen LogP contribution in [0.25, 0.3) is 0 Å². The highest BCUT2D eigenvalue weighted by atomic mass is 16.5. The molecule has 1 unspecified atom stereocenters. The lowest BCUT2D eigenvalue weighted by molar-refractivity contribution is 0.212. The van der Waals surface area contributed by atoms with Crippen molar-refractivity contribution in [1.82, 2.24) is 20.2 Å². The summed E-state index contributed by atoms with van der Waals surface area (Å²) in [7, 11) is 1.51. The van der Waals surface area contributed by atoms with Crippen molar-refractivity contribution in [1.29, 1.82) is 0 Å². The highest BCUT2D eigenvalue weighted by Gasteiger charge is 2.12. The predicted octanol–water partition coefficient (Wildman–Crippen LogP) is 0.357. The third-order valence-electron chi connectivity index (χ3n) is 2.05. The maximum absolute atomic E-state index is 9.93. The summed E-state index contributed by atoms with van der Waals surface area (Å²) in [5.41, 5.74) is 0.998. The SMILES string of the molecule is COc1ccc(C(O)c2cncnc2)nn1. The molecule has 0 aliphatic heterocycles. The Bertz CT molecular complexity index is 446. The fourth-order valence-electron chi connectivity index (χ4n) is 1.21. The molecule has 0 radical (unpaired) electrons. The summed E-state index contributed by atoms with van der Waals surface area (Å²) in [6.45, 7) is 0. The fraction of sp³-hybridized carbons (Fsp3) is 0.200. The van der Waals surface area contributed by atoms with Crippen molar-refractivity contribution in [2.75, 3.05) is 7.11 Å². The summed E-state index contributed by atoms with van der Waals surface area (Å²) in [4.78, 5) is 7.64. The van der Waals surface area contributed by atoms with E-state index in [0.717, 1.165) is 0 Å². The van der Waals surface area contributed by atoms with Gasteiger partial charge < -0.3 is 9.84 Å². The first-order valence-electron chi connectivity index (χ1n) is 4.62.